The molecule has 0 radical (unpaired) electrons. The quantitative estimate of drug-likeness (QED) is 0.447. The first kappa shape index (κ1) is 22.9. The van der Waals surface area contributed by atoms with Crippen molar-refractivity contribution in [2.45, 2.75) is 84.7 Å². The van der Waals surface area contributed by atoms with E-state index in [0.717, 1.165) is 18.4 Å². The first-order valence-electron chi connectivity index (χ1n) is 10.2. The summed E-state index contributed by atoms with van der Waals surface area (Å²) in [6, 6.07) is 7.24. The van der Waals surface area contributed by atoms with Gasteiger partial charge in [0.15, 0.2) is 0 Å². The summed E-state index contributed by atoms with van der Waals surface area (Å²) in [6.07, 6.45) is 12.7. The number of carbonyl (C=O) groups is 1. The molecule has 0 aliphatic rings. The van der Waals surface area contributed by atoms with Crippen LogP contribution >= 0.6 is 0 Å². The number of para-hydroxylation sites is 1. The fourth-order valence-corrected chi connectivity index (χ4v) is 2.93. The normalized spacial score (nSPS) is 11.5. The lowest BCUT2D eigenvalue weighted by Crippen LogP contribution is -2.14. The minimum absolute atomic E-state index is 0.0874. The highest BCUT2D eigenvalue weighted by atomic mass is 16.5. The lowest BCUT2D eigenvalue weighted by atomic mass is 10.1. The van der Waals surface area contributed by atoms with Crippen molar-refractivity contribution in [2.75, 3.05) is 0 Å². The first-order valence-corrected chi connectivity index (χ1v) is 10.2. The fraction of sp³-hybridized carbons (Fsp3) is 0.591. The Bertz CT molecular complexity index is 707. The molecule has 0 saturated heterocycles. The zero-order chi connectivity index (χ0) is 19.9. The molecule has 2 rings (SSSR count). The zero-order valence-corrected chi connectivity index (χ0v) is 17.0. The van der Waals surface area contributed by atoms with Gasteiger partial charge >= 0.3 is 5.97 Å². The second-order valence-corrected chi connectivity index (χ2v) is 6.80. The lowest BCUT2D eigenvalue weighted by Gasteiger charge is -2.14. The largest absolute Gasteiger partial charge is 0.463 e. The number of aromatic nitrogens is 2. The van der Waals surface area contributed by atoms with E-state index in [-0.39, 0.29) is 17.6 Å². The van der Waals surface area contributed by atoms with Crippen LogP contribution in [0, 0.1) is 0 Å². The van der Waals surface area contributed by atoms with Gasteiger partial charge in [-0.15, -0.1) is 0 Å². The Morgan fingerprint density at radius 3 is 2.37 bits per heavy atom. The number of nitrogens with zero attached hydrogens (tertiary/aromatic N) is 1. The molecule has 2 aromatic rings. The predicted molar refractivity (Wildman–Crippen MR) is 111 cm³/mol. The SMILES string of the molecule is CCCCCCCCCC(CC)OC(C)=O.O=c1[nH]cnc2ccccc12. The molecular weight excluding hydrogens is 340 g/mol. The minimum Gasteiger partial charge on any atom is -0.463 e. The van der Waals surface area contributed by atoms with Crippen molar-refractivity contribution < 1.29 is 9.53 Å². The number of nitrogens with one attached hydrogen (secondary N) is 1. The van der Waals surface area contributed by atoms with Crippen LogP contribution in [0.4, 0.5) is 0 Å². The van der Waals surface area contributed by atoms with E-state index in [0.29, 0.717) is 5.39 Å². The molecule has 0 amide bonds. The zero-order valence-electron chi connectivity index (χ0n) is 17.0. The van der Waals surface area contributed by atoms with Crippen LogP contribution in [-0.2, 0) is 9.53 Å². The molecule has 0 saturated carbocycles. The van der Waals surface area contributed by atoms with Crippen LogP contribution in [0.2, 0.25) is 0 Å². The second-order valence-electron chi connectivity index (χ2n) is 6.80. The summed E-state index contributed by atoms with van der Waals surface area (Å²) < 4.78 is 5.21. The van der Waals surface area contributed by atoms with E-state index >= 15 is 0 Å². The minimum atomic E-state index is -0.144. The van der Waals surface area contributed by atoms with E-state index in [9.17, 15) is 9.59 Å². The molecule has 27 heavy (non-hydrogen) atoms. The van der Waals surface area contributed by atoms with Crippen molar-refractivity contribution in [3.05, 3.63) is 40.9 Å². The number of ether oxygens (including phenoxy) is 1. The molecule has 0 aliphatic heterocycles. The summed E-state index contributed by atoms with van der Waals surface area (Å²) in [5.41, 5.74) is 0.645. The summed E-state index contributed by atoms with van der Waals surface area (Å²) in [4.78, 5) is 28.4. The van der Waals surface area contributed by atoms with Crippen molar-refractivity contribution >= 4 is 16.9 Å². The molecule has 1 aromatic heterocycles. The van der Waals surface area contributed by atoms with Gasteiger partial charge in [0.2, 0.25) is 0 Å². The topological polar surface area (TPSA) is 72.1 Å². The van der Waals surface area contributed by atoms with Crippen molar-refractivity contribution in [1.82, 2.24) is 9.97 Å². The Labute approximate surface area is 162 Å². The van der Waals surface area contributed by atoms with Crippen molar-refractivity contribution in [3.8, 4) is 0 Å². The van der Waals surface area contributed by atoms with Gasteiger partial charge < -0.3 is 9.72 Å². The number of hydrogen-bond acceptors (Lipinski definition) is 4. The summed E-state index contributed by atoms with van der Waals surface area (Å²) in [7, 11) is 0. The van der Waals surface area contributed by atoms with Gasteiger partial charge in [0.05, 0.1) is 17.2 Å². The molecule has 0 fully saturated rings. The molecule has 1 unspecified atom stereocenters. The molecule has 0 aliphatic carbocycles. The maximum absolute atomic E-state index is 11.1. The van der Waals surface area contributed by atoms with Crippen molar-refractivity contribution in [3.63, 3.8) is 0 Å². The molecule has 1 aromatic carbocycles. The molecule has 0 spiro atoms. The summed E-state index contributed by atoms with van der Waals surface area (Å²) in [5, 5.41) is 0.634. The smallest absolute Gasteiger partial charge is 0.302 e. The third-order valence-corrected chi connectivity index (χ3v) is 4.47. The number of H-pyrrole nitrogens is 1. The summed E-state index contributed by atoms with van der Waals surface area (Å²) in [6.45, 7) is 5.81. The van der Waals surface area contributed by atoms with E-state index in [1.807, 2.05) is 18.2 Å². The summed E-state index contributed by atoms with van der Waals surface area (Å²) >= 11 is 0. The van der Waals surface area contributed by atoms with E-state index < -0.39 is 0 Å². The molecule has 1 heterocycles. The van der Waals surface area contributed by atoms with Gasteiger partial charge in [-0.3, -0.25) is 9.59 Å². The Kier molecular flexibility index (Phi) is 11.8. The van der Waals surface area contributed by atoms with Crippen LogP contribution < -0.4 is 5.56 Å². The molecular formula is C22H34N2O3. The van der Waals surface area contributed by atoms with Gasteiger partial charge in [-0.2, -0.15) is 0 Å². The van der Waals surface area contributed by atoms with E-state index in [1.165, 1.54) is 58.2 Å². The Balaban J connectivity index is 0.000000285. The van der Waals surface area contributed by atoms with E-state index in [2.05, 4.69) is 23.8 Å². The second kappa shape index (κ2) is 14.0. The number of esters is 1. The number of rotatable bonds is 10. The molecule has 1 N–H and O–H groups in total. The highest BCUT2D eigenvalue weighted by Gasteiger charge is 2.08. The maximum Gasteiger partial charge on any atom is 0.302 e. The third-order valence-electron chi connectivity index (χ3n) is 4.47. The standard InChI is InChI=1S/C14H28O2.C8H6N2O/c1-4-6-7-8-9-10-11-12-14(5-2)16-13(3)15;11-8-6-3-1-2-4-7(6)9-5-10-8/h14H,4-12H2,1-3H3;1-5H,(H,9,10,11). The van der Waals surface area contributed by atoms with E-state index in [4.69, 9.17) is 4.74 Å². The highest BCUT2D eigenvalue weighted by molar-refractivity contribution is 5.76. The Hall–Kier alpha value is -2.17. The Morgan fingerprint density at radius 1 is 1.07 bits per heavy atom. The number of aromatic amines is 1. The third kappa shape index (κ3) is 9.92. The van der Waals surface area contributed by atoms with Crippen LogP contribution in [0.15, 0.2) is 35.4 Å². The van der Waals surface area contributed by atoms with Crippen molar-refractivity contribution in [2.24, 2.45) is 0 Å². The predicted octanol–water partition coefficient (Wildman–Crippen LogP) is 5.39. The van der Waals surface area contributed by atoms with Gasteiger partial charge in [-0.05, 0) is 31.4 Å². The van der Waals surface area contributed by atoms with Crippen LogP contribution in [-0.4, -0.2) is 22.0 Å². The lowest BCUT2D eigenvalue weighted by molar-refractivity contribution is -0.146. The highest BCUT2D eigenvalue weighted by Crippen LogP contribution is 2.13. The molecule has 0 bridgehead atoms. The number of unbranched alkanes of at least 4 members (excludes halogenated alkanes) is 6. The molecule has 1 atom stereocenters. The van der Waals surface area contributed by atoms with Gasteiger partial charge in [-0.25, -0.2) is 4.98 Å². The van der Waals surface area contributed by atoms with Gasteiger partial charge in [0.1, 0.15) is 6.10 Å². The average molecular weight is 375 g/mol. The van der Waals surface area contributed by atoms with E-state index in [1.54, 1.807) is 6.07 Å². The summed E-state index contributed by atoms with van der Waals surface area (Å²) in [5.74, 6) is -0.144. The number of hydrogen-bond donors (Lipinski definition) is 1. The van der Waals surface area contributed by atoms with Gasteiger partial charge in [0, 0.05) is 6.92 Å². The molecule has 5 nitrogen and oxygen atoms in total. The van der Waals surface area contributed by atoms with Crippen LogP contribution in [0.5, 0.6) is 0 Å². The Morgan fingerprint density at radius 2 is 1.74 bits per heavy atom. The van der Waals surface area contributed by atoms with Crippen LogP contribution in [0.1, 0.15) is 78.6 Å². The van der Waals surface area contributed by atoms with Gasteiger partial charge in [-0.1, -0.05) is 64.5 Å². The van der Waals surface area contributed by atoms with Crippen molar-refractivity contribution in [1.29, 1.82) is 0 Å². The first-order chi connectivity index (χ1) is 13.1. The molecule has 5 heteroatoms. The number of fused-ring (bicyclic) bond motifs is 1. The number of benzene rings is 1. The maximum atomic E-state index is 11.1. The monoisotopic (exact) mass is 374 g/mol. The average Bonchev–Trinajstić information content (AvgIpc) is 2.67. The van der Waals surface area contributed by atoms with Crippen LogP contribution in [0.25, 0.3) is 10.9 Å². The fourth-order valence-electron chi connectivity index (χ4n) is 2.93. The van der Waals surface area contributed by atoms with Gasteiger partial charge in [0.25, 0.3) is 5.56 Å². The molecule has 150 valence electrons. The number of carbonyl (C=O) groups excluding carboxylic acids is 1. The van der Waals surface area contributed by atoms with Crippen LogP contribution in [0.3, 0.4) is 0 Å².